The molecule has 0 spiro atoms. The standard InChI is InChI=1S/C15H30N2O2/c1-12(2)16-15(4,14(18)19)11-13(3)17-9-7-5-6-8-10-17/h12-13,16H,5-11H2,1-4H3,(H,18,19). The van der Waals surface area contributed by atoms with Gasteiger partial charge in [-0.05, 0) is 60.0 Å². The smallest absolute Gasteiger partial charge is 0.323 e. The van der Waals surface area contributed by atoms with Crippen molar-refractivity contribution < 1.29 is 9.90 Å². The molecule has 0 amide bonds. The van der Waals surface area contributed by atoms with Gasteiger partial charge in [0.05, 0.1) is 0 Å². The van der Waals surface area contributed by atoms with Gasteiger partial charge in [-0.15, -0.1) is 0 Å². The molecule has 1 aliphatic rings. The van der Waals surface area contributed by atoms with E-state index in [-0.39, 0.29) is 6.04 Å². The Morgan fingerprint density at radius 3 is 2.16 bits per heavy atom. The second-order valence-corrected chi connectivity index (χ2v) is 6.44. The highest BCUT2D eigenvalue weighted by molar-refractivity contribution is 5.78. The topological polar surface area (TPSA) is 52.6 Å². The van der Waals surface area contributed by atoms with Gasteiger partial charge in [-0.2, -0.15) is 0 Å². The van der Waals surface area contributed by atoms with Crippen LogP contribution in [-0.4, -0.2) is 46.7 Å². The average Bonchev–Trinajstić information content (AvgIpc) is 2.55. The Bertz CT molecular complexity index is 286. The summed E-state index contributed by atoms with van der Waals surface area (Å²) in [4.78, 5) is 14.0. The number of rotatable bonds is 6. The quantitative estimate of drug-likeness (QED) is 0.778. The van der Waals surface area contributed by atoms with Crippen LogP contribution in [0, 0.1) is 0 Å². The van der Waals surface area contributed by atoms with Crippen molar-refractivity contribution in [3.05, 3.63) is 0 Å². The van der Waals surface area contributed by atoms with Gasteiger partial charge in [0.25, 0.3) is 0 Å². The Balaban J connectivity index is 2.64. The Labute approximate surface area is 117 Å². The second-order valence-electron chi connectivity index (χ2n) is 6.44. The molecule has 4 heteroatoms. The molecular formula is C15H30N2O2. The maximum absolute atomic E-state index is 11.6. The van der Waals surface area contributed by atoms with Crippen LogP contribution in [0.2, 0.25) is 0 Å². The average molecular weight is 270 g/mol. The lowest BCUT2D eigenvalue weighted by atomic mass is 9.92. The number of carbonyl (C=O) groups is 1. The maximum Gasteiger partial charge on any atom is 0.323 e. The second kappa shape index (κ2) is 7.25. The molecule has 1 saturated heterocycles. The molecule has 0 aromatic heterocycles. The first-order chi connectivity index (χ1) is 8.85. The SMILES string of the molecule is CC(C)NC(C)(CC(C)N1CCCCCC1)C(=O)O. The van der Waals surface area contributed by atoms with Crippen LogP contribution in [0.1, 0.15) is 59.8 Å². The molecule has 0 aromatic carbocycles. The zero-order valence-corrected chi connectivity index (χ0v) is 12.9. The molecule has 0 bridgehead atoms. The van der Waals surface area contributed by atoms with Crippen molar-refractivity contribution in [2.45, 2.75) is 77.4 Å². The molecule has 0 aliphatic carbocycles. The summed E-state index contributed by atoms with van der Waals surface area (Å²) in [5.74, 6) is -0.747. The number of carboxylic acid groups (broad SMARTS) is 1. The molecular weight excluding hydrogens is 240 g/mol. The van der Waals surface area contributed by atoms with Crippen LogP contribution in [-0.2, 0) is 4.79 Å². The molecule has 0 radical (unpaired) electrons. The number of carboxylic acids is 1. The Morgan fingerprint density at radius 1 is 1.21 bits per heavy atom. The zero-order chi connectivity index (χ0) is 14.5. The van der Waals surface area contributed by atoms with Crippen molar-refractivity contribution in [3.8, 4) is 0 Å². The van der Waals surface area contributed by atoms with Crippen molar-refractivity contribution in [1.82, 2.24) is 10.2 Å². The third-order valence-corrected chi connectivity index (χ3v) is 4.05. The van der Waals surface area contributed by atoms with Gasteiger partial charge < -0.3 is 10.0 Å². The minimum absolute atomic E-state index is 0.178. The summed E-state index contributed by atoms with van der Waals surface area (Å²) in [6.45, 7) is 10.2. The molecule has 112 valence electrons. The largest absolute Gasteiger partial charge is 0.480 e. The van der Waals surface area contributed by atoms with E-state index in [2.05, 4.69) is 17.1 Å². The predicted octanol–water partition coefficient (Wildman–Crippen LogP) is 2.48. The summed E-state index contributed by atoms with van der Waals surface area (Å²) >= 11 is 0. The molecule has 4 nitrogen and oxygen atoms in total. The molecule has 1 fully saturated rings. The van der Waals surface area contributed by atoms with Gasteiger partial charge >= 0.3 is 5.97 Å². The fourth-order valence-corrected chi connectivity index (χ4v) is 3.10. The predicted molar refractivity (Wildman–Crippen MR) is 78.4 cm³/mol. The number of nitrogens with one attached hydrogen (secondary N) is 1. The minimum atomic E-state index is -0.833. The van der Waals surface area contributed by atoms with E-state index in [9.17, 15) is 9.90 Å². The highest BCUT2D eigenvalue weighted by atomic mass is 16.4. The van der Waals surface area contributed by atoms with Gasteiger partial charge in [0.1, 0.15) is 5.54 Å². The fraction of sp³-hybridized carbons (Fsp3) is 0.933. The molecule has 1 heterocycles. The summed E-state index contributed by atoms with van der Waals surface area (Å²) in [5.41, 5.74) is -0.833. The van der Waals surface area contributed by atoms with Crippen LogP contribution in [0.3, 0.4) is 0 Å². The molecule has 0 saturated carbocycles. The summed E-state index contributed by atoms with van der Waals surface area (Å²) in [5, 5.41) is 12.7. The summed E-state index contributed by atoms with van der Waals surface area (Å²) in [6, 6.07) is 0.489. The maximum atomic E-state index is 11.6. The molecule has 1 rings (SSSR count). The fourth-order valence-electron chi connectivity index (χ4n) is 3.10. The highest BCUT2D eigenvalue weighted by Gasteiger charge is 2.36. The number of hydrogen-bond donors (Lipinski definition) is 2. The van der Waals surface area contributed by atoms with Crippen molar-refractivity contribution in [1.29, 1.82) is 0 Å². The van der Waals surface area contributed by atoms with Crippen molar-refractivity contribution in [2.24, 2.45) is 0 Å². The third kappa shape index (κ3) is 5.11. The van der Waals surface area contributed by atoms with E-state index in [1.807, 2.05) is 20.8 Å². The third-order valence-electron chi connectivity index (χ3n) is 4.05. The Hall–Kier alpha value is -0.610. The summed E-state index contributed by atoms with van der Waals surface area (Å²) in [6.07, 6.45) is 5.76. The summed E-state index contributed by atoms with van der Waals surface area (Å²) in [7, 11) is 0. The Kier molecular flexibility index (Phi) is 6.27. The number of hydrogen-bond acceptors (Lipinski definition) is 3. The van der Waals surface area contributed by atoms with E-state index in [0.29, 0.717) is 12.5 Å². The van der Waals surface area contributed by atoms with Crippen LogP contribution >= 0.6 is 0 Å². The van der Waals surface area contributed by atoms with E-state index in [0.717, 1.165) is 13.1 Å². The molecule has 0 aromatic rings. The first-order valence-corrected chi connectivity index (χ1v) is 7.60. The normalized spacial score (nSPS) is 22.8. The highest BCUT2D eigenvalue weighted by Crippen LogP contribution is 2.20. The zero-order valence-electron chi connectivity index (χ0n) is 12.9. The van der Waals surface area contributed by atoms with Crippen LogP contribution in [0.4, 0.5) is 0 Å². The molecule has 19 heavy (non-hydrogen) atoms. The first kappa shape index (κ1) is 16.4. The van der Waals surface area contributed by atoms with Gasteiger partial charge in [0.15, 0.2) is 0 Å². The van der Waals surface area contributed by atoms with Gasteiger partial charge in [0, 0.05) is 12.1 Å². The number of aliphatic carboxylic acids is 1. The lowest BCUT2D eigenvalue weighted by Gasteiger charge is -2.36. The molecule has 2 N–H and O–H groups in total. The number of likely N-dealkylation sites (tertiary alicyclic amines) is 1. The lowest BCUT2D eigenvalue weighted by molar-refractivity contribution is -0.145. The van der Waals surface area contributed by atoms with Crippen LogP contribution < -0.4 is 5.32 Å². The van der Waals surface area contributed by atoms with Gasteiger partial charge in [0.2, 0.25) is 0 Å². The molecule has 1 aliphatic heterocycles. The molecule has 2 unspecified atom stereocenters. The Morgan fingerprint density at radius 2 is 1.74 bits per heavy atom. The van der Waals surface area contributed by atoms with E-state index >= 15 is 0 Å². The lowest BCUT2D eigenvalue weighted by Crippen LogP contribution is -2.55. The van der Waals surface area contributed by atoms with Gasteiger partial charge in [-0.25, -0.2) is 0 Å². The van der Waals surface area contributed by atoms with Crippen molar-refractivity contribution >= 4 is 5.97 Å². The molecule has 2 atom stereocenters. The van der Waals surface area contributed by atoms with E-state index in [1.165, 1.54) is 25.7 Å². The minimum Gasteiger partial charge on any atom is -0.480 e. The summed E-state index contributed by atoms with van der Waals surface area (Å²) < 4.78 is 0. The van der Waals surface area contributed by atoms with Crippen molar-refractivity contribution in [3.63, 3.8) is 0 Å². The van der Waals surface area contributed by atoms with Gasteiger partial charge in [-0.1, -0.05) is 12.8 Å². The van der Waals surface area contributed by atoms with Crippen LogP contribution in [0.5, 0.6) is 0 Å². The van der Waals surface area contributed by atoms with Crippen LogP contribution in [0.15, 0.2) is 0 Å². The van der Waals surface area contributed by atoms with E-state index in [1.54, 1.807) is 0 Å². The van der Waals surface area contributed by atoms with E-state index < -0.39 is 11.5 Å². The van der Waals surface area contributed by atoms with Gasteiger partial charge in [-0.3, -0.25) is 10.1 Å². The van der Waals surface area contributed by atoms with Crippen molar-refractivity contribution in [2.75, 3.05) is 13.1 Å². The van der Waals surface area contributed by atoms with E-state index in [4.69, 9.17) is 0 Å². The number of nitrogens with zero attached hydrogens (tertiary/aromatic N) is 1. The monoisotopic (exact) mass is 270 g/mol. The van der Waals surface area contributed by atoms with Crippen LogP contribution in [0.25, 0.3) is 0 Å². The first-order valence-electron chi connectivity index (χ1n) is 7.60.